The molecule has 0 aliphatic carbocycles. The number of fused-ring (bicyclic) bond motifs is 2. The Morgan fingerprint density at radius 3 is 2.69 bits per heavy atom. The van der Waals surface area contributed by atoms with E-state index in [1.165, 1.54) is 0 Å². The highest BCUT2D eigenvalue weighted by Gasteiger charge is 2.35. The molecule has 0 saturated heterocycles. The van der Waals surface area contributed by atoms with Gasteiger partial charge in [-0.2, -0.15) is 13.2 Å². The van der Waals surface area contributed by atoms with Gasteiger partial charge in [-0.25, -0.2) is 14.1 Å². The highest BCUT2D eigenvalue weighted by molar-refractivity contribution is 6.31. The van der Waals surface area contributed by atoms with Crippen molar-refractivity contribution in [2.75, 3.05) is 11.2 Å². The molecule has 0 amide bonds. The zero-order chi connectivity index (χ0) is 18.6. The van der Waals surface area contributed by atoms with Gasteiger partial charge in [0.25, 0.3) is 0 Å². The highest BCUT2D eigenvalue weighted by atomic mass is 35.5. The van der Waals surface area contributed by atoms with E-state index >= 15 is 0 Å². The Kier molecular flexibility index (Phi) is 3.52. The van der Waals surface area contributed by atoms with Crippen LogP contribution in [0.1, 0.15) is 5.56 Å². The van der Waals surface area contributed by atoms with E-state index in [1.54, 1.807) is 24.4 Å². The van der Waals surface area contributed by atoms with E-state index in [2.05, 4.69) is 15.3 Å². The minimum absolute atomic E-state index is 0.0240. The van der Waals surface area contributed by atoms with Crippen molar-refractivity contribution in [1.82, 2.24) is 14.6 Å². The first-order chi connectivity index (χ1) is 12.2. The quantitative estimate of drug-likeness (QED) is 0.344. The van der Waals surface area contributed by atoms with E-state index in [1.807, 2.05) is 0 Å². The number of nitrogens with zero attached hydrogens (tertiary/aromatic N) is 2. The van der Waals surface area contributed by atoms with Crippen molar-refractivity contribution in [2.24, 2.45) is 0 Å². The lowest BCUT2D eigenvalue weighted by molar-refractivity contribution is -0.139. The second-order valence-electron chi connectivity index (χ2n) is 5.64. The lowest BCUT2D eigenvalue weighted by Crippen LogP contribution is -2.12. The van der Waals surface area contributed by atoms with Crippen LogP contribution in [-0.2, 0) is 6.18 Å². The Balaban J connectivity index is 1.81. The summed E-state index contributed by atoms with van der Waals surface area (Å²) in [5.41, 5.74) is -0.0889. The number of nitrogens with two attached hydrogens (primary N) is 1. The molecule has 4 N–H and O–H groups in total. The van der Waals surface area contributed by atoms with Crippen molar-refractivity contribution in [3.8, 4) is 0 Å². The first kappa shape index (κ1) is 16.5. The number of hydrogen-bond donors (Lipinski definition) is 3. The first-order valence-corrected chi connectivity index (χ1v) is 7.70. The summed E-state index contributed by atoms with van der Waals surface area (Å²) in [7, 11) is 0. The van der Waals surface area contributed by atoms with Gasteiger partial charge in [-0.15, -0.1) is 0 Å². The summed E-state index contributed by atoms with van der Waals surface area (Å²) in [5, 5.41) is 4.18. The second-order valence-corrected chi connectivity index (χ2v) is 6.08. The number of hydrogen-bond acceptors (Lipinski definition) is 3. The Labute approximate surface area is 148 Å². The number of H-pyrrole nitrogens is 1. The molecule has 134 valence electrons. The molecule has 0 spiro atoms. The van der Waals surface area contributed by atoms with Crippen molar-refractivity contribution in [2.45, 2.75) is 6.18 Å². The van der Waals surface area contributed by atoms with Gasteiger partial charge in [0.05, 0.1) is 22.3 Å². The molecule has 0 saturated carbocycles. The van der Waals surface area contributed by atoms with Gasteiger partial charge >= 0.3 is 6.18 Å². The lowest BCUT2D eigenvalue weighted by Gasteiger charge is -2.07. The number of nitrogen functional groups attached to an aromatic ring is 1. The van der Waals surface area contributed by atoms with Crippen LogP contribution in [0.4, 0.5) is 29.2 Å². The lowest BCUT2D eigenvalue weighted by atomic mass is 10.2. The standard InChI is InChI=1S/C16H10ClF4N5/c17-7-1-2-11-8(3-7)13(6-23-11)25-15-24-12-4-9(16(19,20)21)10(18)5-14(12)26(15)22/h1-6,23H,22H2,(H,24,25). The van der Waals surface area contributed by atoms with E-state index in [-0.39, 0.29) is 17.0 Å². The maximum absolute atomic E-state index is 13.8. The molecule has 0 aliphatic heterocycles. The van der Waals surface area contributed by atoms with Gasteiger partial charge in [-0.3, -0.25) is 0 Å². The summed E-state index contributed by atoms with van der Waals surface area (Å²) in [6.45, 7) is 0. The van der Waals surface area contributed by atoms with Gasteiger partial charge in [0, 0.05) is 28.2 Å². The van der Waals surface area contributed by atoms with Gasteiger partial charge in [-0.05, 0) is 24.3 Å². The Hall–Kier alpha value is -2.94. The zero-order valence-corrected chi connectivity index (χ0v) is 13.6. The van der Waals surface area contributed by atoms with Gasteiger partial charge in [-0.1, -0.05) is 11.6 Å². The van der Waals surface area contributed by atoms with Crippen molar-refractivity contribution in [1.29, 1.82) is 0 Å². The van der Waals surface area contributed by atoms with Crippen LogP contribution in [0.3, 0.4) is 0 Å². The topological polar surface area (TPSA) is 71.7 Å². The van der Waals surface area contributed by atoms with Gasteiger partial charge in [0.1, 0.15) is 5.82 Å². The molecule has 2 heterocycles. The summed E-state index contributed by atoms with van der Waals surface area (Å²) in [6, 6.07) is 6.54. The predicted octanol–water partition coefficient (Wildman–Crippen LogP) is 4.79. The monoisotopic (exact) mass is 383 g/mol. The number of aromatic nitrogens is 3. The van der Waals surface area contributed by atoms with Crippen LogP contribution in [0.15, 0.2) is 36.5 Å². The van der Waals surface area contributed by atoms with Crippen LogP contribution in [0.25, 0.3) is 21.9 Å². The molecule has 0 unspecified atom stereocenters. The van der Waals surface area contributed by atoms with Crippen LogP contribution in [0.5, 0.6) is 0 Å². The summed E-state index contributed by atoms with van der Waals surface area (Å²) in [5.74, 6) is 4.51. The van der Waals surface area contributed by atoms with Crippen molar-refractivity contribution >= 4 is 45.2 Å². The molecule has 0 fully saturated rings. The highest BCUT2D eigenvalue weighted by Crippen LogP contribution is 2.35. The fraction of sp³-hybridized carbons (Fsp3) is 0.0625. The van der Waals surface area contributed by atoms with Crippen LogP contribution < -0.4 is 11.2 Å². The largest absolute Gasteiger partial charge is 0.419 e. The fourth-order valence-electron chi connectivity index (χ4n) is 2.74. The van der Waals surface area contributed by atoms with Gasteiger partial charge in [0.15, 0.2) is 0 Å². The molecule has 5 nitrogen and oxygen atoms in total. The SMILES string of the molecule is Nn1c(Nc2c[nH]c3ccc(Cl)cc23)nc2cc(C(F)(F)F)c(F)cc21. The third kappa shape index (κ3) is 2.60. The Morgan fingerprint density at radius 2 is 1.96 bits per heavy atom. The smallest absolute Gasteiger partial charge is 0.359 e. The summed E-state index contributed by atoms with van der Waals surface area (Å²) in [4.78, 5) is 7.06. The number of benzene rings is 2. The molecule has 2 aromatic carbocycles. The number of nitrogens with one attached hydrogen (secondary N) is 2. The fourth-order valence-corrected chi connectivity index (χ4v) is 2.91. The maximum atomic E-state index is 13.8. The van der Waals surface area contributed by atoms with Crippen LogP contribution in [0, 0.1) is 5.82 Å². The summed E-state index contributed by atoms with van der Waals surface area (Å²) >= 11 is 5.99. The average Bonchev–Trinajstić information content (AvgIpc) is 3.08. The number of rotatable bonds is 2. The van der Waals surface area contributed by atoms with Gasteiger partial charge < -0.3 is 16.1 Å². The van der Waals surface area contributed by atoms with E-state index in [9.17, 15) is 17.6 Å². The molecule has 2 aromatic heterocycles. The molecular formula is C16H10ClF4N5. The van der Waals surface area contributed by atoms with E-state index < -0.39 is 17.6 Å². The molecule has 0 aliphatic rings. The number of aromatic amines is 1. The molecule has 4 aromatic rings. The Bertz CT molecular complexity index is 1150. The third-order valence-electron chi connectivity index (χ3n) is 3.97. The molecule has 26 heavy (non-hydrogen) atoms. The summed E-state index contributed by atoms with van der Waals surface area (Å²) in [6.07, 6.45) is -3.18. The van der Waals surface area contributed by atoms with E-state index in [0.29, 0.717) is 22.8 Å². The van der Waals surface area contributed by atoms with Crippen LogP contribution >= 0.6 is 11.6 Å². The number of anilines is 2. The zero-order valence-electron chi connectivity index (χ0n) is 12.8. The number of imidazole rings is 1. The maximum Gasteiger partial charge on any atom is 0.419 e. The minimum Gasteiger partial charge on any atom is -0.359 e. The number of halogens is 5. The minimum atomic E-state index is -4.82. The summed E-state index contributed by atoms with van der Waals surface area (Å²) < 4.78 is 53.4. The van der Waals surface area contributed by atoms with Crippen molar-refractivity contribution in [3.05, 3.63) is 52.9 Å². The average molecular weight is 384 g/mol. The van der Waals surface area contributed by atoms with Crippen LogP contribution in [-0.4, -0.2) is 14.6 Å². The van der Waals surface area contributed by atoms with Crippen LogP contribution in [0.2, 0.25) is 5.02 Å². The predicted molar refractivity (Wildman–Crippen MR) is 91.4 cm³/mol. The molecule has 0 bridgehead atoms. The molecule has 4 rings (SSSR count). The third-order valence-corrected chi connectivity index (χ3v) is 4.21. The van der Waals surface area contributed by atoms with Gasteiger partial charge in [0.2, 0.25) is 5.95 Å². The molecule has 10 heteroatoms. The van der Waals surface area contributed by atoms with E-state index in [4.69, 9.17) is 17.4 Å². The molecule has 0 atom stereocenters. The van der Waals surface area contributed by atoms with Crippen molar-refractivity contribution in [3.63, 3.8) is 0 Å². The normalized spacial score (nSPS) is 12.2. The molecular weight excluding hydrogens is 374 g/mol. The molecule has 0 radical (unpaired) electrons. The second kappa shape index (κ2) is 5.53. The first-order valence-electron chi connectivity index (χ1n) is 7.32. The van der Waals surface area contributed by atoms with Crippen molar-refractivity contribution < 1.29 is 17.6 Å². The number of alkyl halides is 3. The van der Waals surface area contributed by atoms with E-state index in [0.717, 1.165) is 15.6 Å². The Morgan fingerprint density at radius 1 is 1.19 bits per heavy atom.